The van der Waals surface area contributed by atoms with Gasteiger partial charge in [0, 0.05) is 28.6 Å². The fourth-order valence-electron chi connectivity index (χ4n) is 3.25. The molecular formula is C22H21ClN4S. The largest absolute Gasteiger partial charge is 0.253 e. The zero-order valence-electron chi connectivity index (χ0n) is 16.1. The molecule has 0 aliphatic rings. The minimum Gasteiger partial charge on any atom is -0.216 e. The molecule has 6 heteroatoms. The molecule has 0 spiro atoms. The zero-order valence-corrected chi connectivity index (χ0v) is 17.7. The monoisotopic (exact) mass is 408 g/mol. The molecule has 0 aliphatic heterocycles. The van der Waals surface area contributed by atoms with Crippen molar-refractivity contribution in [3.05, 3.63) is 87.2 Å². The number of hydrogen-bond donors (Lipinski definition) is 0. The Hall–Kier alpha value is -2.37. The molecule has 0 aliphatic carbocycles. The van der Waals surface area contributed by atoms with Gasteiger partial charge in [0.2, 0.25) is 5.16 Å². The van der Waals surface area contributed by atoms with Gasteiger partial charge in [-0.3, -0.25) is 0 Å². The van der Waals surface area contributed by atoms with Crippen LogP contribution in [-0.4, -0.2) is 19.6 Å². The highest BCUT2D eigenvalue weighted by molar-refractivity contribution is 7.98. The minimum atomic E-state index is 0.644. The van der Waals surface area contributed by atoms with Crippen LogP contribution < -0.4 is 0 Å². The third kappa shape index (κ3) is 3.77. The van der Waals surface area contributed by atoms with Gasteiger partial charge in [0.05, 0.1) is 0 Å². The highest BCUT2D eigenvalue weighted by Crippen LogP contribution is 2.25. The van der Waals surface area contributed by atoms with E-state index in [1.807, 2.05) is 29.6 Å². The highest BCUT2D eigenvalue weighted by Gasteiger charge is 2.15. The van der Waals surface area contributed by atoms with Gasteiger partial charge in [0.15, 0.2) is 0 Å². The number of aromatic nitrogens is 4. The first-order valence-electron chi connectivity index (χ1n) is 9.16. The first kappa shape index (κ1) is 19.0. The number of fused-ring (bicyclic) bond motifs is 1. The van der Waals surface area contributed by atoms with Crippen molar-refractivity contribution in [2.45, 2.75) is 38.1 Å². The third-order valence-electron chi connectivity index (χ3n) is 4.97. The summed E-state index contributed by atoms with van der Waals surface area (Å²) in [6, 6.07) is 16.3. The summed E-state index contributed by atoms with van der Waals surface area (Å²) < 4.78 is 1.85. The fourth-order valence-corrected chi connectivity index (χ4v) is 4.35. The molecule has 0 atom stereocenters. The van der Waals surface area contributed by atoms with Crippen LogP contribution >= 0.6 is 23.4 Å². The number of benzene rings is 2. The number of hydrogen-bond acceptors (Lipinski definition) is 4. The van der Waals surface area contributed by atoms with Gasteiger partial charge in [0.1, 0.15) is 0 Å². The van der Waals surface area contributed by atoms with Crippen LogP contribution in [0.4, 0.5) is 0 Å². The van der Waals surface area contributed by atoms with E-state index in [-0.39, 0.29) is 0 Å². The molecule has 0 amide bonds. The summed E-state index contributed by atoms with van der Waals surface area (Å²) in [6.45, 7) is 6.22. The molecule has 4 aromatic rings. The summed E-state index contributed by atoms with van der Waals surface area (Å²) in [6.07, 6.45) is 0.728. The van der Waals surface area contributed by atoms with E-state index in [1.54, 1.807) is 11.8 Å². The van der Waals surface area contributed by atoms with E-state index in [1.165, 1.54) is 11.1 Å². The third-order valence-corrected chi connectivity index (χ3v) is 6.23. The Labute approximate surface area is 174 Å². The van der Waals surface area contributed by atoms with E-state index in [9.17, 15) is 0 Å². The van der Waals surface area contributed by atoms with E-state index in [2.05, 4.69) is 54.1 Å². The fraction of sp³-hybridized carbons (Fsp3) is 0.227. The van der Waals surface area contributed by atoms with Crippen LogP contribution in [0, 0.1) is 20.8 Å². The predicted octanol–water partition coefficient (Wildman–Crippen LogP) is 5.59. The Morgan fingerprint density at radius 2 is 1.64 bits per heavy atom. The summed E-state index contributed by atoms with van der Waals surface area (Å²) in [7, 11) is 0. The second-order valence-corrected chi connectivity index (χ2v) is 8.20. The van der Waals surface area contributed by atoms with Crippen LogP contribution in [0.5, 0.6) is 0 Å². The first-order valence-corrected chi connectivity index (χ1v) is 10.5. The summed E-state index contributed by atoms with van der Waals surface area (Å²) in [5.41, 5.74) is 6.83. The Kier molecular flexibility index (Phi) is 5.38. The predicted molar refractivity (Wildman–Crippen MR) is 115 cm³/mol. The van der Waals surface area contributed by atoms with Gasteiger partial charge in [-0.2, -0.15) is 4.98 Å². The van der Waals surface area contributed by atoms with E-state index in [0.717, 1.165) is 44.9 Å². The molecule has 0 radical (unpaired) electrons. The van der Waals surface area contributed by atoms with E-state index in [0.29, 0.717) is 5.78 Å². The molecular weight excluding hydrogens is 388 g/mol. The SMILES string of the molecule is Cc1ccccc1CSc1nc2nc(C)c(Cc3ccccc3Cl)c(C)n2n1. The number of rotatable bonds is 5. The molecule has 0 saturated carbocycles. The van der Waals surface area contributed by atoms with Crippen molar-refractivity contribution in [1.82, 2.24) is 19.6 Å². The lowest BCUT2D eigenvalue weighted by Crippen LogP contribution is -2.06. The Morgan fingerprint density at radius 1 is 0.929 bits per heavy atom. The molecule has 142 valence electrons. The molecule has 4 rings (SSSR count). The Balaban J connectivity index is 1.64. The van der Waals surface area contributed by atoms with Crippen LogP contribution in [0.15, 0.2) is 53.7 Å². The molecule has 0 saturated heterocycles. The lowest BCUT2D eigenvalue weighted by atomic mass is 10.0. The van der Waals surface area contributed by atoms with Gasteiger partial charge in [-0.1, -0.05) is 65.8 Å². The molecule has 0 N–H and O–H groups in total. The zero-order chi connectivity index (χ0) is 19.7. The van der Waals surface area contributed by atoms with Crippen LogP contribution in [-0.2, 0) is 12.2 Å². The lowest BCUT2D eigenvalue weighted by molar-refractivity contribution is 0.823. The Morgan fingerprint density at radius 3 is 2.39 bits per heavy atom. The van der Waals surface area contributed by atoms with Crippen molar-refractivity contribution in [3.8, 4) is 0 Å². The van der Waals surface area contributed by atoms with Gasteiger partial charge in [-0.05, 0) is 49.1 Å². The van der Waals surface area contributed by atoms with Gasteiger partial charge in [0.25, 0.3) is 5.78 Å². The maximum Gasteiger partial charge on any atom is 0.253 e. The van der Waals surface area contributed by atoms with Gasteiger partial charge in [-0.25, -0.2) is 9.50 Å². The van der Waals surface area contributed by atoms with E-state index >= 15 is 0 Å². The topological polar surface area (TPSA) is 43.1 Å². The van der Waals surface area contributed by atoms with E-state index in [4.69, 9.17) is 16.7 Å². The number of aryl methyl sites for hydroxylation is 3. The summed E-state index contributed by atoms with van der Waals surface area (Å²) in [5.74, 6) is 1.49. The average molecular weight is 409 g/mol. The van der Waals surface area contributed by atoms with Crippen LogP contribution in [0.1, 0.15) is 33.6 Å². The van der Waals surface area contributed by atoms with Crippen molar-refractivity contribution in [2.75, 3.05) is 0 Å². The smallest absolute Gasteiger partial charge is 0.216 e. The highest BCUT2D eigenvalue weighted by atomic mass is 35.5. The van der Waals surface area contributed by atoms with Crippen LogP contribution in [0.2, 0.25) is 5.02 Å². The number of thioether (sulfide) groups is 1. The number of halogens is 1. The molecule has 2 aromatic carbocycles. The van der Waals surface area contributed by atoms with Crippen LogP contribution in [0.25, 0.3) is 5.78 Å². The van der Waals surface area contributed by atoms with E-state index < -0.39 is 0 Å². The molecule has 0 bridgehead atoms. The van der Waals surface area contributed by atoms with Crippen molar-refractivity contribution in [3.63, 3.8) is 0 Å². The van der Waals surface area contributed by atoms with Gasteiger partial charge in [-0.15, -0.1) is 5.10 Å². The molecule has 28 heavy (non-hydrogen) atoms. The minimum absolute atomic E-state index is 0.644. The maximum atomic E-state index is 6.35. The lowest BCUT2D eigenvalue weighted by Gasteiger charge is -2.11. The van der Waals surface area contributed by atoms with Crippen LogP contribution in [0.3, 0.4) is 0 Å². The molecule has 0 unspecified atom stereocenters. The van der Waals surface area contributed by atoms with Crippen molar-refractivity contribution < 1.29 is 0 Å². The standard InChI is InChI=1S/C22H21ClN4S/c1-14-8-4-5-10-18(14)13-28-22-25-21-24-15(2)19(16(3)27(21)26-22)12-17-9-6-7-11-20(17)23/h4-11H,12-13H2,1-3H3. The number of nitrogens with zero attached hydrogens (tertiary/aromatic N) is 4. The average Bonchev–Trinajstić information content (AvgIpc) is 3.09. The van der Waals surface area contributed by atoms with Gasteiger partial charge >= 0.3 is 0 Å². The summed E-state index contributed by atoms with van der Waals surface area (Å²) in [5, 5.41) is 6.21. The maximum absolute atomic E-state index is 6.35. The normalized spacial score (nSPS) is 11.3. The summed E-state index contributed by atoms with van der Waals surface area (Å²) >= 11 is 7.99. The Bertz CT molecular complexity index is 1150. The quantitative estimate of drug-likeness (QED) is 0.404. The summed E-state index contributed by atoms with van der Waals surface area (Å²) in [4.78, 5) is 9.31. The second kappa shape index (κ2) is 7.94. The molecule has 4 nitrogen and oxygen atoms in total. The van der Waals surface area contributed by atoms with Crippen molar-refractivity contribution >= 4 is 29.1 Å². The second-order valence-electron chi connectivity index (χ2n) is 6.85. The molecule has 2 aromatic heterocycles. The van der Waals surface area contributed by atoms with Crippen molar-refractivity contribution in [2.24, 2.45) is 0 Å². The molecule has 2 heterocycles. The van der Waals surface area contributed by atoms with Crippen molar-refractivity contribution in [1.29, 1.82) is 0 Å². The van der Waals surface area contributed by atoms with Gasteiger partial charge < -0.3 is 0 Å². The first-order chi connectivity index (χ1) is 13.5. The molecule has 0 fully saturated rings.